The fourth-order valence-corrected chi connectivity index (χ4v) is 3.76. The third kappa shape index (κ3) is 4.30. The Balaban J connectivity index is 1.88. The molecule has 0 aliphatic carbocycles. The molecule has 0 fully saturated rings. The molecule has 0 spiro atoms. The maximum atomic E-state index is 12.8. The standard InChI is InChI=1S/C19H22N2O6S/c1-3-8-20-19(22)15-12-14(5-7-16(15)25-2)28(23,24)21-13-4-6-17-18(11-13)27-10-9-26-17/h4-7,11-12,21H,3,8-10H2,1-2H3,(H,20,22). The fourth-order valence-electron chi connectivity index (χ4n) is 2.69. The summed E-state index contributed by atoms with van der Waals surface area (Å²) in [5.41, 5.74) is 0.484. The van der Waals surface area contributed by atoms with E-state index in [1.165, 1.54) is 25.3 Å². The molecule has 0 saturated heterocycles. The lowest BCUT2D eigenvalue weighted by Gasteiger charge is -2.19. The molecule has 2 N–H and O–H groups in total. The molecule has 0 atom stereocenters. The Hall–Kier alpha value is -2.94. The average Bonchev–Trinajstić information content (AvgIpc) is 2.71. The minimum Gasteiger partial charge on any atom is -0.496 e. The zero-order valence-corrected chi connectivity index (χ0v) is 16.5. The summed E-state index contributed by atoms with van der Waals surface area (Å²) < 4.78 is 44.2. The van der Waals surface area contributed by atoms with Gasteiger partial charge in [0.2, 0.25) is 0 Å². The van der Waals surface area contributed by atoms with Crippen LogP contribution in [-0.2, 0) is 10.0 Å². The van der Waals surface area contributed by atoms with Crippen LogP contribution >= 0.6 is 0 Å². The van der Waals surface area contributed by atoms with Gasteiger partial charge < -0.3 is 19.5 Å². The van der Waals surface area contributed by atoms with Gasteiger partial charge in [-0.05, 0) is 36.8 Å². The summed E-state index contributed by atoms with van der Waals surface area (Å²) >= 11 is 0. The third-order valence-electron chi connectivity index (χ3n) is 4.06. The number of methoxy groups -OCH3 is 1. The van der Waals surface area contributed by atoms with Crippen molar-refractivity contribution >= 4 is 21.6 Å². The number of rotatable bonds is 7. The normalized spacial score (nSPS) is 12.9. The highest BCUT2D eigenvalue weighted by Gasteiger charge is 2.21. The van der Waals surface area contributed by atoms with Gasteiger partial charge in [-0.3, -0.25) is 9.52 Å². The molecule has 0 unspecified atom stereocenters. The highest BCUT2D eigenvalue weighted by molar-refractivity contribution is 7.92. The van der Waals surface area contributed by atoms with Gasteiger partial charge in [0.25, 0.3) is 15.9 Å². The Labute approximate surface area is 163 Å². The molecule has 0 aromatic heterocycles. The topological polar surface area (TPSA) is 103 Å². The first-order valence-electron chi connectivity index (χ1n) is 8.83. The first-order chi connectivity index (χ1) is 13.4. The lowest BCUT2D eigenvalue weighted by atomic mass is 10.2. The number of anilines is 1. The molecule has 1 aliphatic rings. The van der Waals surface area contributed by atoms with Gasteiger partial charge >= 0.3 is 0 Å². The van der Waals surface area contributed by atoms with E-state index >= 15 is 0 Å². The number of amides is 1. The van der Waals surface area contributed by atoms with Gasteiger partial charge in [-0.25, -0.2) is 8.42 Å². The van der Waals surface area contributed by atoms with Crippen LogP contribution in [0.15, 0.2) is 41.3 Å². The van der Waals surface area contributed by atoms with Crippen molar-refractivity contribution in [2.45, 2.75) is 18.2 Å². The number of fused-ring (bicyclic) bond motifs is 1. The first-order valence-corrected chi connectivity index (χ1v) is 10.3. The third-order valence-corrected chi connectivity index (χ3v) is 5.43. The SMILES string of the molecule is CCCNC(=O)c1cc(S(=O)(=O)Nc2ccc3c(c2)OCCO3)ccc1OC. The van der Waals surface area contributed by atoms with E-state index in [1.807, 2.05) is 6.92 Å². The molecule has 150 valence electrons. The highest BCUT2D eigenvalue weighted by Crippen LogP contribution is 2.33. The molecule has 9 heteroatoms. The zero-order chi connectivity index (χ0) is 20.1. The fraction of sp³-hybridized carbons (Fsp3) is 0.316. The number of hydrogen-bond donors (Lipinski definition) is 2. The van der Waals surface area contributed by atoms with Crippen molar-refractivity contribution in [2.75, 3.05) is 31.6 Å². The minimum atomic E-state index is -3.92. The summed E-state index contributed by atoms with van der Waals surface area (Å²) in [6.45, 7) is 3.26. The molecule has 28 heavy (non-hydrogen) atoms. The van der Waals surface area contributed by atoms with Gasteiger partial charge in [0, 0.05) is 12.6 Å². The Morgan fingerprint density at radius 3 is 2.57 bits per heavy atom. The minimum absolute atomic E-state index is 0.0511. The first kappa shape index (κ1) is 19.8. The highest BCUT2D eigenvalue weighted by atomic mass is 32.2. The predicted molar refractivity (Wildman–Crippen MR) is 104 cm³/mol. The molecule has 1 amide bonds. The number of carbonyl (C=O) groups excluding carboxylic acids is 1. The molecular weight excluding hydrogens is 384 g/mol. The Morgan fingerprint density at radius 1 is 1.11 bits per heavy atom. The van der Waals surface area contributed by atoms with E-state index in [2.05, 4.69) is 10.0 Å². The molecule has 1 aliphatic heterocycles. The second-order valence-corrected chi connectivity index (χ2v) is 7.76. The maximum Gasteiger partial charge on any atom is 0.261 e. The van der Waals surface area contributed by atoms with E-state index in [-0.39, 0.29) is 10.5 Å². The maximum absolute atomic E-state index is 12.8. The summed E-state index contributed by atoms with van der Waals surface area (Å²) in [7, 11) is -2.50. The molecule has 8 nitrogen and oxygen atoms in total. The van der Waals surface area contributed by atoms with Crippen molar-refractivity contribution in [1.82, 2.24) is 5.32 Å². The number of benzene rings is 2. The summed E-state index contributed by atoms with van der Waals surface area (Å²) in [4.78, 5) is 12.3. The van der Waals surface area contributed by atoms with Crippen LogP contribution < -0.4 is 24.2 Å². The van der Waals surface area contributed by atoms with Crippen LogP contribution in [0.3, 0.4) is 0 Å². The van der Waals surface area contributed by atoms with E-state index in [4.69, 9.17) is 14.2 Å². The number of carbonyl (C=O) groups is 1. The van der Waals surface area contributed by atoms with E-state index in [1.54, 1.807) is 18.2 Å². The lowest BCUT2D eigenvalue weighted by Crippen LogP contribution is -2.25. The molecule has 2 aromatic rings. The van der Waals surface area contributed by atoms with Gasteiger partial charge in [0.1, 0.15) is 19.0 Å². The molecule has 0 saturated carbocycles. The van der Waals surface area contributed by atoms with Crippen molar-refractivity contribution in [1.29, 1.82) is 0 Å². The van der Waals surface area contributed by atoms with E-state index in [0.29, 0.717) is 42.7 Å². The second kappa shape index (κ2) is 8.39. The van der Waals surface area contributed by atoms with Gasteiger partial charge in [-0.2, -0.15) is 0 Å². The summed E-state index contributed by atoms with van der Waals surface area (Å²) in [6.07, 6.45) is 0.762. The predicted octanol–water partition coefficient (Wildman–Crippen LogP) is 2.41. The monoisotopic (exact) mass is 406 g/mol. The average molecular weight is 406 g/mol. The van der Waals surface area contributed by atoms with Gasteiger partial charge in [-0.15, -0.1) is 0 Å². The second-order valence-electron chi connectivity index (χ2n) is 6.08. The summed E-state index contributed by atoms with van der Waals surface area (Å²) in [5, 5.41) is 2.72. The van der Waals surface area contributed by atoms with Crippen LogP contribution in [0.25, 0.3) is 0 Å². The van der Waals surface area contributed by atoms with Crippen LogP contribution in [0.4, 0.5) is 5.69 Å². The molecular formula is C19H22N2O6S. The number of sulfonamides is 1. The number of nitrogens with one attached hydrogen (secondary N) is 2. The Bertz CT molecular complexity index is 974. The van der Waals surface area contributed by atoms with Gasteiger partial charge in [0.15, 0.2) is 11.5 Å². The van der Waals surface area contributed by atoms with Gasteiger partial charge in [-0.1, -0.05) is 6.92 Å². The van der Waals surface area contributed by atoms with E-state index < -0.39 is 15.9 Å². The molecule has 0 bridgehead atoms. The van der Waals surface area contributed by atoms with Crippen molar-refractivity contribution in [3.05, 3.63) is 42.0 Å². The van der Waals surface area contributed by atoms with Crippen LogP contribution in [-0.4, -0.2) is 41.2 Å². The van der Waals surface area contributed by atoms with Crippen molar-refractivity contribution < 1.29 is 27.4 Å². The lowest BCUT2D eigenvalue weighted by molar-refractivity contribution is 0.0950. The quantitative estimate of drug-likeness (QED) is 0.732. The van der Waals surface area contributed by atoms with E-state index in [0.717, 1.165) is 6.42 Å². The van der Waals surface area contributed by atoms with Crippen LogP contribution in [0.1, 0.15) is 23.7 Å². The van der Waals surface area contributed by atoms with Crippen LogP contribution in [0.2, 0.25) is 0 Å². The molecule has 2 aromatic carbocycles. The van der Waals surface area contributed by atoms with Crippen LogP contribution in [0, 0.1) is 0 Å². The van der Waals surface area contributed by atoms with Crippen molar-refractivity contribution in [2.24, 2.45) is 0 Å². The molecule has 1 heterocycles. The molecule has 0 radical (unpaired) electrons. The summed E-state index contributed by atoms with van der Waals surface area (Å²) in [6, 6.07) is 8.93. The summed E-state index contributed by atoms with van der Waals surface area (Å²) in [5.74, 6) is 0.941. The molecule has 3 rings (SSSR count). The van der Waals surface area contributed by atoms with Gasteiger partial charge in [0.05, 0.1) is 23.3 Å². The smallest absolute Gasteiger partial charge is 0.261 e. The van der Waals surface area contributed by atoms with Crippen LogP contribution in [0.5, 0.6) is 17.2 Å². The Kier molecular flexibility index (Phi) is 5.93. The largest absolute Gasteiger partial charge is 0.496 e. The van der Waals surface area contributed by atoms with E-state index in [9.17, 15) is 13.2 Å². The number of hydrogen-bond acceptors (Lipinski definition) is 6. The Morgan fingerprint density at radius 2 is 1.86 bits per heavy atom. The van der Waals surface area contributed by atoms with Crippen molar-refractivity contribution in [3.8, 4) is 17.2 Å². The number of ether oxygens (including phenoxy) is 3. The van der Waals surface area contributed by atoms with Crippen molar-refractivity contribution in [3.63, 3.8) is 0 Å². The zero-order valence-electron chi connectivity index (χ0n) is 15.7.